The van der Waals surface area contributed by atoms with Crippen molar-refractivity contribution >= 4 is 16.9 Å². The van der Waals surface area contributed by atoms with Crippen LogP contribution in [0.4, 0.5) is 4.39 Å². The van der Waals surface area contributed by atoms with Crippen LogP contribution >= 0.6 is 0 Å². The fraction of sp³-hybridized carbons (Fsp3) is 0.120. The van der Waals surface area contributed by atoms with Crippen LogP contribution in [0.2, 0.25) is 0 Å². The van der Waals surface area contributed by atoms with Crippen molar-refractivity contribution in [3.05, 3.63) is 83.7 Å². The smallest absolute Gasteiger partial charge is 0.336 e. The fourth-order valence-electron chi connectivity index (χ4n) is 3.59. The van der Waals surface area contributed by atoms with E-state index in [1.807, 2.05) is 56.3 Å². The highest BCUT2D eigenvalue weighted by molar-refractivity contribution is 6.03. The number of aromatic nitrogens is 1. The Hall–Kier alpha value is -3.73. The Morgan fingerprint density at radius 3 is 2.60 bits per heavy atom. The number of aryl methyl sites for hydroxylation is 1. The molecule has 1 N–H and O–H groups in total. The Balaban J connectivity index is 1.80. The summed E-state index contributed by atoms with van der Waals surface area (Å²) in [7, 11) is 0. The molecule has 0 spiro atoms. The van der Waals surface area contributed by atoms with Crippen LogP contribution in [0.25, 0.3) is 33.3 Å². The number of carbonyl (C=O) groups is 1. The summed E-state index contributed by atoms with van der Waals surface area (Å²) in [6, 6.07) is 19.3. The van der Waals surface area contributed by atoms with Crippen LogP contribution in [-0.2, 0) is 0 Å². The van der Waals surface area contributed by atoms with Crippen LogP contribution in [0.1, 0.15) is 22.8 Å². The van der Waals surface area contributed by atoms with E-state index in [1.54, 1.807) is 0 Å². The maximum atomic E-state index is 13.6. The highest BCUT2D eigenvalue weighted by atomic mass is 19.1. The van der Waals surface area contributed by atoms with Gasteiger partial charge in [-0.1, -0.05) is 24.3 Å². The van der Waals surface area contributed by atoms with Gasteiger partial charge in [0, 0.05) is 10.9 Å². The number of carboxylic acid groups (broad SMARTS) is 1. The number of pyridine rings is 1. The first kappa shape index (κ1) is 19.6. The molecule has 0 saturated carbocycles. The number of hydrogen-bond acceptors (Lipinski definition) is 3. The zero-order valence-corrected chi connectivity index (χ0v) is 16.6. The molecule has 3 aromatic carbocycles. The number of rotatable bonds is 5. The lowest BCUT2D eigenvalue weighted by Gasteiger charge is -2.12. The van der Waals surface area contributed by atoms with Gasteiger partial charge in [0.1, 0.15) is 11.6 Å². The van der Waals surface area contributed by atoms with Gasteiger partial charge in [-0.3, -0.25) is 0 Å². The molecule has 0 atom stereocenters. The van der Waals surface area contributed by atoms with Crippen LogP contribution in [0.5, 0.6) is 5.75 Å². The van der Waals surface area contributed by atoms with Crippen molar-refractivity contribution < 1.29 is 19.0 Å². The number of halogens is 1. The van der Waals surface area contributed by atoms with Crippen LogP contribution in [0, 0.1) is 12.7 Å². The van der Waals surface area contributed by atoms with Crippen LogP contribution in [0.15, 0.2) is 66.7 Å². The second-order valence-corrected chi connectivity index (χ2v) is 7.01. The predicted octanol–water partition coefficient (Wildman–Crippen LogP) is 6.11. The van der Waals surface area contributed by atoms with E-state index >= 15 is 0 Å². The van der Waals surface area contributed by atoms with Crippen molar-refractivity contribution in [3.8, 4) is 28.1 Å². The predicted molar refractivity (Wildman–Crippen MR) is 115 cm³/mol. The summed E-state index contributed by atoms with van der Waals surface area (Å²) < 4.78 is 19.2. The van der Waals surface area contributed by atoms with E-state index in [9.17, 15) is 14.3 Å². The molecular formula is C25H20FNO3. The first-order chi connectivity index (χ1) is 14.5. The number of nitrogens with zero attached hydrogens (tertiary/aromatic N) is 1. The minimum Gasteiger partial charge on any atom is -0.494 e. The van der Waals surface area contributed by atoms with E-state index in [1.165, 1.54) is 24.3 Å². The molecule has 0 bridgehead atoms. The monoisotopic (exact) mass is 401 g/mol. The third kappa shape index (κ3) is 3.74. The third-order valence-corrected chi connectivity index (χ3v) is 4.98. The third-order valence-electron chi connectivity index (χ3n) is 4.98. The highest BCUT2D eigenvalue weighted by Crippen LogP contribution is 2.31. The van der Waals surface area contributed by atoms with E-state index in [0.29, 0.717) is 17.8 Å². The van der Waals surface area contributed by atoms with Crippen molar-refractivity contribution in [1.82, 2.24) is 4.98 Å². The van der Waals surface area contributed by atoms with Crippen molar-refractivity contribution in [2.45, 2.75) is 13.8 Å². The highest BCUT2D eigenvalue weighted by Gasteiger charge is 2.14. The average molecular weight is 401 g/mol. The second kappa shape index (κ2) is 7.95. The van der Waals surface area contributed by atoms with E-state index in [-0.39, 0.29) is 10.9 Å². The Bertz CT molecular complexity index is 1270. The molecule has 4 aromatic rings. The molecule has 0 aliphatic heterocycles. The summed E-state index contributed by atoms with van der Waals surface area (Å²) in [5.41, 5.74) is 4.92. The second-order valence-electron chi connectivity index (χ2n) is 7.01. The topological polar surface area (TPSA) is 59.4 Å². The van der Waals surface area contributed by atoms with Gasteiger partial charge in [-0.2, -0.15) is 0 Å². The van der Waals surface area contributed by atoms with Crippen molar-refractivity contribution in [2.24, 2.45) is 0 Å². The number of hydrogen-bond donors (Lipinski definition) is 1. The summed E-state index contributed by atoms with van der Waals surface area (Å²) in [5.74, 6) is -0.794. The van der Waals surface area contributed by atoms with Crippen molar-refractivity contribution in [1.29, 1.82) is 0 Å². The largest absolute Gasteiger partial charge is 0.494 e. The molecule has 4 nitrogen and oxygen atoms in total. The number of fused-ring (bicyclic) bond motifs is 1. The van der Waals surface area contributed by atoms with Gasteiger partial charge >= 0.3 is 5.97 Å². The Morgan fingerprint density at radius 2 is 1.87 bits per heavy atom. The van der Waals surface area contributed by atoms with Gasteiger partial charge in [-0.05, 0) is 73.0 Å². The molecule has 0 fully saturated rings. The van der Waals surface area contributed by atoms with E-state index in [4.69, 9.17) is 4.74 Å². The Kier molecular flexibility index (Phi) is 5.19. The first-order valence-electron chi connectivity index (χ1n) is 9.64. The summed E-state index contributed by atoms with van der Waals surface area (Å²) >= 11 is 0. The minimum absolute atomic E-state index is 0.0284. The molecule has 0 aliphatic carbocycles. The van der Waals surface area contributed by atoms with Gasteiger partial charge in [-0.25, -0.2) is 14.2 Å². The molecule has 0 amide bonds. The van der Waals surface area contributed by atoms with Crippen LogP contribution in [-0.4, -0.2) is 22.7 Å². The van der Waals surface area contributed by atoms with E-state index in [0.717, 1.165) is 28.0 Å². The quantitative estimate of drug-likeness (QED) is 0.438. The fourth-order valence-corrected chi connectivity index (χ4v) is 3.59. The Labute approximate surface area is 173 Å². The molecule has 4 rings (SSSR count). The van der Waals surface area contributed by atoms with Gasteiger partial charge in [-0.15, -0.1) is 0 Å². The van der Waals surface area contributed by atoms with Crippen molar-refractivity contribution in [3.63, 3.8) is 0 Å². The van der Waals surface area contributed by atoms with Gasteiger partial charge in [0.25, 0.3) is 0 Å². The molecule has 1 aromatic heterocycles. The lowest BCUT2D eigenvalue weighted by molar-refractivity contribution is 0.0699. The summed E-state index contributed by atoms with van der Waals surface area (Å²) in [6.45, 7) is 4.55. The van der Waals surface area contributed by atoms with Gasteiger partial charge < -0.3 is 9.84 Å². The van der Waals surface area contributed by atoms with Crippen LogP contribution < -0.4 is 4.74 Å². The summed E-state index contributed by atoms with van der Waals surface area (Å²) in [4.78, 5) is 16.3. The first-order valence-corrected chi connectivity index (χ1v) is 9.64. The molecule has 0 aliphatic rings. The van der Waals surface area contributed by atoms with Gasteiger partial charge in [0.05, 0.1) is 23.4 Å². The zero-order valence-electron chi connectivity index (χ0n) is 16.6. The van der Waals surface area contributed by atoms with Gasteiger partial charge in [0.2, 0.25) is 0 Å². The minimum atomic E-state index is -1.12. The normalized spacial score (nSPS) is 10.9. The standard InChI is InChI=1S/C25H20FNO3/c1-3-30-19-6-4-5-16(12-19)20-9-7-17(11-15(20)2)24-14-22(25(28)29)21-13-18(26)8-10-23(21)27-24/h4-14H,3H2,1-2H3,(H,28,29). The van der Waals surface area contributed by atoms with Crippen molar-refractivity contribution in [2.75, 3.05) is 6.61 Å². The molecule has 5 heteroatoms. The SMILES string of the molecule is CCOc1cccc(-c2ccc(-c3cc(C(=O)O)c4cc(F)ccc4n3)cc2C)c1. The summed E-state index contributed by atoms with van der Waals surface area (Å²) in [6.07, 6.45) is 0. The zero-order chi connectivity index (χ0) is 21.3. The van der Waals surface area contributed by atoms with E-state index < -0.39 is 11.8 Å². The van der Waals surface area contributed by atoms with Crippen LogP contribution in [0.3, 0.4) is 0 Å². The maximum absolute atomic E-state index is 13.6. The number of aromatic carboxylic acids is 1. The molecule has 0 saturated heterocycles. The number of ether oxygens (including phenoxy) is 1. The number of benzene rings is 3. The van der Waals surface area contributed by atoms with Gasteiger partial charge in [0.15, 0.2) is 0 Å². The Morgan fingerprint density at radius 1 is 1.03 bits per heavy atom. The maximum Gasteiger partial charge on any atom is 0.336 e. The average Bonchev–Trinajstić information content (AvgIpc) is 2.73. The molecule has 30 heavy (non-hydrogen) atoms. The molecule has 150 valence electrons. The number of carboxylic acids is 1. The molecule has 0 unspecified atom stereocenters. The lowest BCUT2D eigenvalue weighted by atomic mass is 9.96. The van der Waals surface area contributed by atoms with E-state index in [2.05, 4.69) is 4.98 Å². The molecule has 1 heterocycles. The molecular weight excluding hydrogens is 381 g/mol. The lowest BCUT2D eigenvalue weighted by Crippen LogP contribution is -2.01. The molecule has 0 radical (unpaired) electrons. The summed E-state index contributed by atoms with van der Waals surface area (Å²) in [5, 5.41) is 9.88.